The number of hydrogen-bond donors (Lipinski definition) is 1. The van der Waals surface area contributed by atoms with E-state index >= 15 is 0 Å². The van der Waals surface area contributed by atoms with Gasteiger partial charge in [-0.1, -0.05) is 31.0 Å². The van der Waals surface area contributed by atoms with Crippen LogP contribution in [0.25, 0.3) is 11.0 Å². The minimum atomic E-state index is 0.280. The Kier molecular flexibility index (Phi) is 4.48. The van der Waals surface area contributed by atoms with E-state index in [9.17, 15) is 0 Å². The number of para-hydroxylation sites is 1. The molecule has 4 heteroatoms. The van der Waals surface area contributed by atoms with E-state index in [0.717, 1.165) is 41.1 Å². The number of benzene rings is 1. The van der Waals surface area contributed by atoms with Crippen molar-refractivity contribution in [1.29, 1.82) is 0 Å². The number of fused-ring (bicyclic) bond motifs is 1. The molecule has 0 saturated carbocycles. The first-order valence-corrected chi connectivity index (χ1v) is 7.25. The first kappa shape index (κ1) is 14.4. The van der Waals surface area contributed by atoms with Gasteiger partial charge < -0.3 is 10.3 Å². The molecule has 0 fully saturated rings. The number of nitrogens with two attached hydrogens (primary N) is 1. The highest BCUT2D eigenvalue weighted by molar-refractivity contribution is 6.35. The Morgan fingerprint density at radius 3 is 2.68 bits per heavy atom. The van der Waals surface area contributed by atoms with Crippen molar-refractivity contribution in [3.63, 3.8) is 0 Å². The number of hydrogen-bond acceptors (Lipinski definition) is 2. The van der Waals surface area contributed by atoms with Crippen LogP contribution < -0.4 is 5.73 Å². The molecule has 1 aromatic carbocycles. The summed E-state index contributed by atoms with van der Waals surface area (Å²) in [6.07, 6.45) is 3.31. The van der Waals surface area contributed by atoms with Gasteiger partial charge in [0.05, 0.1) is 16.1 Å². The maximum absolute atomic E-state index is 6.25. The quantitative estimate of drug-likeness (QED) is 0.903. The van der Waals surface area contributed by atoms with Crippen LogP contribution in [-0.2, 0) is 7.05 Å². The maximum atomic E-state index is 6.25. The van der Waals surface area contributed by atoms with E-state index in [4.69, 9.17) is 22.3 Å². The van der Waals surface area contributed by atoms with Gasteiger partial charge in [0, 0.05) is 19.0 Å². The normalized spacial score (nSPS) is 14.8. The molecule has 0 bridgehead atoms. The zero-order valence-electron chi connectivity index (χ0n) is 11.9. The zero-order chi connectivity index (χ0) is 14.0. The lowest BCUT2D eigenvalue weighted by Crippen LogP contribution is -2.14. The van der Waals surface area contributed by atoms with Gasteiger partial charge in [-0.15, -0.1) is 0 Å². The smallest absolute Gasteiger partial charge is 0.112 e. The summed E-state index contributed by atoms with van der Waals surface area (Å²) in [4.78, 5) is 4.72. The number of nitrogens with zero attached hydrogens (tertiary/aromatic N) is 2. The van der Waals surface area contributed by atoms with E-state index in [1.165, 1.54) is 0 Å². The van der Waals surface area contributed by atoms with E-state index in [1.54, 1.807) is 0 Å². The van der Waals surface area contributed by atoms with Gasteiger partial charge in [0.25, 0.3) is 0 Å². The molecule has 2 rings (SSSR count). The molecule has 19 heavy (non-hydrogen) atoms. The van der Waals surface area contributed by atoms with Crippen molar-refractivity contribution in [3.8, 4) is 0 Å². The fourth-order valence-corrected chi connectivity index (χ4v) is 2.85. The summed E-state index contributed by atoms with van der Waals surface area (Å²) in [7, 11) is 2.04. The topological polar surface area (TPSA) is 43.8 Å². The molecular weight excluding hydrogens is 258 g/mol. The van der Waals surface area contributed by atoms with Crippen LogP contribution in [0.15, 0.2) is 18.2 Å². The molecule has 1 aromatic heterocycles. The van der Waals surface area contributed by atoms with Gasteiger partial charge in [-0.05, 0) is 31.9 Å². The molecule has 0 amide bonds. The number of halogens is 1. The molecule has 0 radical (unpaired) electrons. The van der Waals surface area contributed by atoms with Crippen LogP contribution in [0.3, 0.4) is 0 Å². The van der Waals surface area contributed by atoms with Crippen molar-refractivity contribution in [3.05, 3.63) is 29.0 Å². The van der Waals surface area contributed by atoms with Gasteiger partial charge in [-0.3, -0.25) is 0 Å². The predicted octanol–water partition coefficient (Wildman–Crippen LogP) is 3.85. The highest BCUT2D eigenvalue weighted by Gasteiger charge is 2.15. The van der Waals surface area contributed by atoms with Crippen LogP contribution >= 0.6 is 11.6 Å². The first-order chi connectivity index (χ1) is 9.00. The molecule has 0 aliphatic rings. The lowest BCUT2D eigenvalue weighted by atomic mass is 10.0. The molecule has 0 saturated heterocycles. The van der Waals surface area contributed by atoms with Crippen LogP contribution in [0.4, 0.5) is 0 Å². The second-order valence-corrected chi connectivity index (χ2v) is 5.85. The van der Waals surface area contributed by atoms with E-state index in [1.807, 2.05) is 25.2 Å². The maximum Gasteiger partial charge on any atom is 0.112 e. The average Bonchev–Trinajstić information content (AvgIpc) is 2.67. The summed E-state index contributed by atoms with van der Waals surface area (Å²) in [6, 6.07) is 6.15. The summed E-state index contributed by atoms with van der Waals surface area (Å²) >= 11 is 6.25. The molecule has 0 aliphatic carbocycles. The lowest BCUT2D eigenvalue weighted by molar-refractivity contribution is 0.535. The summed E-state index contributed by atoms with van der Waals surface area (Å²) in [6.45, 7) is 4.27. The van der Waals surface area contributed by atoms with Crippen molar-refractivity contribution in [2.45, 2.75) is 45.1 Å². The first-order valence-electron chi connectivity index (χ1n) is 6.87. The Labute approximate surface area is 119 Å². The van der Waals surface area contributed by atoms with Gasteiger partial charge in [-0.2, -0.15) is 0 Å². The van der Waals surface area contributed by atoms with Crippen molar-refractivity contribution in [1.82, 2.24) is 9.55 Å². The molecule has 1 heterocycles. The Morgan fingerprint density at radius 1 is 1.32 bits per heavy atom. The fraction of sp³-hybridized carbons (Fsp3) is 0.533. The molecule has 2 unspecified atom stereocenters. The highest BCUT2D eigenvalue weighted by Crippen LogP contribution is 2.28. The molecule has 104 valence electrons. The largest absolute Gasteiger partial charge is 0.330 e. The third-order valence-electron chi connectivity index (χ3n) is 3.62. The van der Waals surface area contributed by atoms with Gasteiger partial charge in [0.15, 0.2) is 0 Å². The van der Waals surface area contributed by atoms with E-state index in [0.29, 0.717) is 5.92 Å². The SMILES string of the molecule is CC(N)CCCC(C)c1nc2cccc(Cl)c2n1C. The number of rotatable bonds is 5. The Hall–Kier alpha value is -1.06. The van der Waals surface area contributed by atoms with Crippen LogP contribution in [-0.4, -0.2) is 15.6 Å². The predicted molar refractivity (Wildman–Crippen MR) is 81.6 cm³/mol. The van der Waals surface area contributed by atoms with Gasteiger partial charge in [-0.25, -0.2) is 4.98 Å². The van der Waals surface area contributed by atoms with E-state index in [-0.39, 0.29) is 6.04 Å². The van der Waals surface area contributed by atoms with Crippen molar-refractivity contribution in [2.75, 3.05) is 0 Å². The molecule has 3 nitrogen and oxygen atoms in total. The molecular formula is C15H22ClN3. The minimum Gasteiger partial charge on any atom is -0.330 e. The third kappa shape index (κ3) is 3.10. The molecule has 0 aliphatic heterocycles. The molecule has 2 aromatic rings. The summed E-state index contributed by atoms with van der Waals surface area (Å²) in [5, 5.41) is 0.765. The van der Waals surface area contributed by atoms with Crippen molar-refractivity contribution >= 4 is 22.6 Å². The van der Waals surface area contributed by atoms with Crippen molar-refractivity contribution in [2.24, 2.45) is 12.8 Å². The summed E-state index contributed by atoms with van der Waals surface area (Å²) < 4.78 is 2.12. The third-order valence-corrected chi connectivity index (χ3v) is 3.92. The minimum absolute atomic E-state index is 0.280. The molecule has 2 N–H and O–H groups in total. The standard InChI is InChI=1S/C15H22ClN3/c1-10(6-4-7-11(2)17)15-18-13-9-5-8-12(16)14(13)19(15)3/h5,8-11H,4,6-7,17H2,1-3H3. The Morgan fingerprint density at radius 2 is 2.05 bits per heavy atom. The van der Waals surface area contributed by atoms with E-state index < -0.39 is 0 Å². The average molecular weight is 280 g/mol. The Balaban J connectivity index is 2.20. The van der Waals surface area contributed by atoms with Gasteiger partial charge in [0.2, 0.25) is 0 Å². The van der Waals surface area contributed by atoms with Crippen molar-refractivity contribution < 1.29 is 0 Å². The van der Waals surface area contributed by atoms with Gasteiger partial charge >= 0.3 is 0 Å². The zero-order valence-corrected chi connectivity index (χ0v) is 12.6. The van der Waals surface area contributed by atoms with Gasteiger partial charge in [0.1, 0.15) is 5.82 Å². The highest BCUT2D eigenvalue weighted by atomic mass is 35.5. The Bertz CT molecular complexity index is 560. The number of imidazole rings is 1. The monoisotopic (exact) mass is 279 g/mol. The van der Waals surface area contributed by atoms with Crippen LogP contribution in [0.5, 0.6) is 0 Å². The summed E-state index contributed by atoms with van der Waals surface area (Å²) in [5.74, 6) is 1.53. The fourth-order valence-electron chi connectivity index (χ4n) is 2.56. The number of aryl methyl sites for hydroxylation is 1. The lowest BCUT2D eigenvalue weighted by Gasteiger charge is -2.12. The van der Waals surface area contributed by atoms with E-state index in [2.05, 4.69) is 18.4 Å². The van der Waals surface area contributed by atoms with Crippen LogP contribution in [0.1, 0.15) is 44.9 Å². The molecule has 0 spiro atoms. The second-order valence-electron chi connectivity index (χ2n) is 5.45. The second kappa shape index (κ2) is 5.93. The van der Waals surface area contributed by atoms with Crippen LogP contribution in [0.2, 0.25) is 5.02 Å². The molecule has 2 atom stereocenters. The number of aromatic nitrogens is 2. The summed E-state index contributed by atoms with van der Waals surface area (Å²) in [5.41, 5.74) is 7.79. The van der Waals surface area contributed by atoms with Crippen LogP contribution in [0, 0.1) is 0 Å².